The molecule has 4 aromatic rings. The fourth-order valence-electron chi connectivity index (χ4n) is 3.04. The van der Waals surface area contributed by atoms with E-state index in [9.17, 15) is 14.4 Å². The van der Waals surface area contributed by atoms with Gasteiger partial charge in [0.2, 0.25) is 5.91 Å². The lowest BCUT2D eigenvalue weighted by Gasteiger charge is -2.11. The van der Waals surface area contributed by atoms with Crippen molar-refractivity contribution in [2.24, 2.45) is 0 Å². The number of Topliss-reactive ketones (excluding diaryl/α,β-unsaturated/α-hetero) is 1. The molecule has 3 aromatic carbocycles. The summed E-state index contributed by atoms with van der Waals surface area (Å²) in [7, 11) is 0. The van der Waals surface area contributed by atoms with Crippen molar-refractivity contribution in [1.29, 1.82) is 0 Å². The standard InChI is InChI=1S/C23H18N2O4S/c1-15(26)16-11-12-19-20(13-16)29-23(28)25(19)14-22(27)24-18-9-5-6-10-21(18)30-17-7-3-2-4-8-17/h2-13H,14H2,1H3,(H,24,27). The summed E-state index contributed by atoms with van der Waals surface area (Å²) >= 11 is 1.54. The summed E-state index contributed by atoms with van der Waals surface area (Å²) in [6, 6.07) is 22.1. The van der Waals surface area contributed by atoms with E-state index in [0.29, 0.717) is 16.8 Å². The van der Waals surface area contributed by atoms with E-state index in [0.717, 1.165) is 9.79 Å². The summed E-state index contributed by atoms with van der Waals surface area (Å²) in [5, 5.41) is 2.88. The van der Waals surface area contributed by atoms with Gasteiger partial charge in [-0.3, -0.25) is 14.2 Å². The van der Waals surface area contributed by atoms with Crippen LogP contribution in [-0.4, -0.2) is 16.3 Å². The maximum absolute atomic E-state index is 12.7. The molecule has 1 N–H and O–H groups in total. The van der Waals surface area contributed by atoms with Crippen LogP contribution in [-0.2, 0) is 11.3 Å². The molecule has 0 saturated heterocycles. The Balaban J connectivity index is 1.55. The number of aromatic nitrogens is 1. The predicted molar refractivity (Wildman–Crippen MR) is 116 cm³/mol. The highest BCUT2D eigenvalue weighted by molar-refractivity contribution is 7.99. The number of carbonyl (C=O) groups excluding carboxylic acids is 2. The van der Waals surface area contributed by atoms with Gasteiger partial charge in [0.15, 0.2) is 11.4 Å². The van der Waals surface area contributed by atoms with E-state index < -0.39 is 5.76 Å². The van der Waals surface area contributed by atoms with E-state index in [4.69, 9.17) is 4.42 Å². The van der Waals surface area contributed by atoms with E-state index in [1.165, 1.54) is 17.6 Å². The van der Waals surface area contributed by atoms with E-state index in [1.807, 2.05) is 54.6 Å². The van der Waals surface area contributed by atoms with Gasteiger partial charge in [0.25, 0.3) is 0 Å². The number of oxazole rings is 1. The van der Waals surface area contributed by atoms with Crippen LogP contribution in [0.4, 0.5) is 5.69 Å². The molecule has 0 spiro atoms. The Morgan fingerprint density at radius 3 is 2.50 bits per heavy atom. The molecule has 1 aromatic heterocycles. The van der Waals surface area contributed by atoms with Crippen molar-refractivity contribution in [2.75, 3.05) is 5.32 Å². The van der Waals surface area contributed by atoms with Crippen molar-refractivity contribution in [3.63, 3.8) is 0 Å². The predicted octanol–water partition coefficient (Wildman–Crippen LogP) is 4.59. The first-order valence-corrected chi connectivity index (χ1v) is 10.1. The lowest BCUT2D eigenvalue weighted by Crippen LogP contribution is -2.25. The highest BCUT2D eigenvalue weighted by Crippen LogP contribution is 2.33. The number of nitrogens with zero attached hydrogens (tertiary/aromatic N) is 1. The Bertz CT molecular complexity index is 1290. The van der Waals surface area contributed by atoms with E-state index in [1.54, 1.807) is 23.9 Å². The van der Waals surface area contributed by atoms with Crippen LogP contribution in [0.25, 0.3) is 11.1 Å². The second kappa shape index (κ2) is 8.42. The molecule has 7 heteroatoms. The third-order valence-corrected chi connectivity index (χ3v) is 5.59. The van der Waals surface area contributed by atoms with Crippen LogP contribution in [0.2, 0.25) is 0 Å². The number of hydrogen-bond acceptors (Lipinski definition) is 5. The Morgan fingerprint density at radius 2 is 1.73 bits per heavy atom. The van der Waals surface area contributed by atoms with Crippen LogP contribution < -0.4 is 11.1 Å². The van der Waals surface area contributed by atoms with Gasteiger partial charge in [-0.15, -0.1) is 0 Å². The number of benzene rings is 3. The Morgan fingerprint density at radius 1 is 1.00 bits per heavy atom. The monoisotopic (exact) mass is 418 g/mol. The molecule has 4 rings (SSSR count). The number of para-hydroxylation sites is 1. The number of hydrogen-bond donors (Lipinski definition) is 1. The summed E-state index contributed by atoms with van der Waals surface area (Å²) in [5.74, 6) is -1.12. The molecule has 0 bridgehead atoms. The zero-order valence-electron chi connectivity index (χ0n) is 16.1. The maximum Gasteiger partial charge on any atom is 0.420 e. The summed E-state index contributed by atoms with van der Waals surface area (Å²) in [5.41, 5.74) is 1.85. The van der Waals surface area contributed by atoms with Crippen LogP contribution in [0.3, 0.4) is 0 Å². The van der Waals surface area contributed by atoms with Crippen molar-refractivity contribution >= 4 is 40.2 Å². The minimum Gasteiger partial charge on any atom is -0.408 e. The minimum absolute atomic E-state index is 0.127. The molecule has 30 heavy (non-hydrogen) atoms. The molecule has 0 aliphatic carbocycles. The van der Waals surface area contributed by atoms with Gasteiger partial charge < -0.3 is 9.73 Å². The van der Waals surface area contributed by atoms with Crippen molar-refractivity contribution < 1.29 is 14.0 Å². The highest BCUT2D eigenvalue weighted by atomic mass is 32.2. The van der Waals surface area contributed by atoms with Crippen LogP contribution in [0.5, 0.6) is 0 Å². The number of amides is 1. The molecule has 0 aliphatic rings. The molecular weight excluding hydrogens is 400 g/mol. The van der Waals surface area contributed by atoms with Gasteiger partial charge in [0.05, 0.1) is 11.2 Å². The molecule has 0 fully saturated rings. The minimum atomic E-state index is -0.646. The SMILES string of the molecule is CC(=O)c1ccc2c(c1)oc(=O)n2CC(=O)Nc1ccccc1Sc1ccccc1. The highest BCUT2D eigenvalue weighted by Gasteiger charge is 2.15. The number of anilines is 1. The summed E-state index contributed by atoms with van der Waals surface area (Å²) in [6.07, 6.45) is 0. The fraction of sp³-hybridized carbons (Fsp3) is 0.0870. The third-order valence-electron chi connectivity index (χ3n) is 4.51. The number of carbonyl (C=O) groups is 2. The van der Waals surface area contributed by atoms with Crippen molar-refractivity contribution in [3.05, 3.63) is 88.9 Å². The number of nitrogens with one attached hydrogen (secondary N) is 1. The summed E-state index contributed by atoms with van der Waals surface area (Å²) < 4.78 is 6.47. The molecule has 150 valence electrons. The molecule has 0 unspecified atom stereocenters. The summed E-state index contributed by atoms with van der Waals surface area (Å²) in [6.45, 7) is 1.24. The first-order chi connectivity index (χ1) is 14.5. The topological polar surface area (TPSA) is 81.3 Å². The molecular formula is C23H18N2O4S. The lowest BCUT2D eigenvalue weighted by molar-refractivity contribution is -0.116. The number of rotatable bonds is 6. The molecule has 1 heterocycles. The largest absolute Gasteiger partial charge is 0.420 e. The maximum atomic E-state index is 12.7. The third kappa shape index (κ3) is 4.21. The van der Waals surface area contributed by atoms with Crippen LogP contribution in [0.15, 0.2) is 91.8 Å². The van der Waals surface area contributed by atoms with Crippen LogP contribution >= 0.6 is 11.8 Å². The number of fused-ring (bicyclic) bond motifs is 1. The first-order valence-electron chi connectivity index (χ1n) is 9.27. The molecule has 1 amide bonds. The molecule has 0 atom stereocenters. The van der Waals surface area contributed by atoms with Crippen molar-refractivity contribution in [3.8, 4) is 0 Å². The average molecular weight is 418 g/mol. The Hall–Kier alpha value is -3.58. The quantitative estimate of drug-likeness (QED) is 0.463. The molecule has 6 nitrogen and oxygen atoms in total. The van der Waals surface area contributed by atoms with Crippen LogP contribution in [0, 0.1) is 0 Å². The van der Waals surface area contributed by atoms with Gasteiger partial charge >= 0.3 is 5.76 Å². The van der Waals surface area contributed by atoms with Gasteiger partial charge in [-0.2, -0.15) is 0 Å². The Kier molecular flexibility index (Phi) is 5.54. The van der Waals surface area contributed by atoms with Crippen LogP contribution in [0.1, 0.15) is 17.3 Å². The van der Waals surface area contributed by atoms with E-state index in [-0.39, 0.29) is 23.8 Å². The molecule has 0 radical (unpaired) electrons. The smallest absolute Gasteiger partial charge is 0.408 e. The number of ketones is 1. The van der Waals surface area contributed by atoms with E-state index >= 15 is 0 Å². The van der Waals surface area contributed by atoms with Gasteiger partial charge in [0, 0.05) is 15.4 Å². The second-order valence-corrected chi connectivity index (χ2v) is 7.77. The zero-order valence-corrected chi connectivity index (χ0v) is 16.9. The van der Waals surface area contributed by atoms with Gasteiger partial charge in [-0.25, -0.2) is 4.79 Å². The average Bonchev–Trinajstić information content (AvgIpc) is 3.04. The zero-order chi connectivity index (χ0) is 21.1. The van der Waals surface area contributed by atoms with Crippen molar-refractivity contribution in [2.45, 2.75) is 23.3 Å². The fourth-order valence-corrected chi connectivity index (χ4v) is 3.97. The lowest BCUT2D eigenvalue weighted by atomic mass is 10.1. The van der Waals surface area contributed by atoms with Crippen molar-refractivity contribution in [1.82, 2.24) is 4.57 Å². The first kappa shape index (κ1) is 19.7. The molecule has 0 saturated carbocycles. The summed E-state index contributed by atoms with van der Waals surface area (Å²) in [4.78, 5) is 38.4. The van der Waals surface area contributed by atoms with Gasteiger partial charge in [-0.05, 0) is 49.4 Å². The Labute approximate surface area is 176 Å². The second-order valence-electron chi connectivity index (χ2n) is 6.65. The normalized spacial score (nSPS) is 10.8. The van der Waals surface area contributed by atoms with E-state index in [2.05, 4.69) is 5.32 Å². The van der Waals surface area contributed by atoms with Gasteiger partial charge in [-0.1, -0.05) is 42.1 Å². The van der Waals surface area contributed by atoms with Gasteiger partial charge in [0.1, 0.15) is 6.54 Å². The molecule has 0 aliphatic heterocycles.